The van der Waals surface area contributed by atoms with E-state index in [0.29, 0.717) is 19.6 Å². The summed E-state index contributed by atoms with van der Waals surface area (Å²) < 4.78 is 5.30. The molecule has 0 bridgehead atoms. The van der Waals surface area contributed by atoms with Crippen LogP contribution >= 0.6 is 0 Å². The molecule has 0 aromatic heterocycles. The lowest BCUT2D eigenvalue weighted by atomic mass is 9.84. The van der Waals surface area contributed by atoms with Crippen LogP contribution in [-0.4, -0.2) is 19.1 Å². The Labute approximate surface area is 138 Å². The van der Waals surface area contributed by atoms with Crippen LogP contribution in [0.25, 0.3) is 0 Å². The number of hydrogen-bond acceptors (Lipinski definition) is 2. The maximum atomic E-state index is 12.4. The van der Waals surface area contributed by atoms with Crippen LogP contribution in [0.3, 0.4) is 0 Å². The van der Waals surface area contributed by atoms with Crippen molar-refractivity contribution < 1.29 is 9.53 Å². The van der Waals surface area contributed by atoms with Crippen molar-refractivity contribution in [2.75, 3.05) is 13.2 Å². The molecule has 0 fully saturated rings. The Hall–Kier alpha value is -2.13. The standard InChI is InChI=1S/C20H25NO2/c1-3-23-16-10-15-19(22)21-20(2,17-11-6-4-7-12-17)18-13-8-5-9-14-18/h4-9,11-14H,3,10,15-16H2,1-2H3,(H,21,22). The molecule has 0 atom stereocenters. The second-order valence-corrected chi connectivity index (χ2v) is 5.71. The van der Waals surface area contributed by atoms with Crippen LogP contribution < -0.4 is 5.32 Å². The number of amides is 1. The molecule has 122 valence electrons. The first-order chi connectivity index (χ1) is 11.2. The van der Waals surface area contributed by atoms with E-state index in [0.717, 1.165) is 17.5 Å². The van der Waals surface area contributed by atoms with Crippen LogP contribution in [0.4, 0.5) is 0 Å². The van der Waals surface area contributed by atoms with Gasteiger partial charge in [0.1, 0.15) is 0 Å². The van der Waals surface area contributed by atoms with Gasteiger partial charge < -0.3 is 10.1 Å². The van der Waals surface area contributed by atoms with Gasteiger partial charge in [0.15, 0.2) is 0 Å². The summed E-state index contributed by atoms with van der Waals surface area (Å²) in [5, 5.41) is 3.21. The van der Waals surface area contributed by atoms with Crippen molar-refractivity contribution in [2.24, 2.45) is 0 Å². The molecule has 0 radical (unpaired) electrons. The van der Waals surface area contributed by atoms with E-state index >= 15 is 0 Å². The van der Waals surface area contributed by atoms with Crippen molar-refractivity contribution in [2.45, 2.75) is 32.2 Å². The zero-order valence-corrected chi connectivity index (χ0v) is 13.9. The highest BCUT2D eigenvalue weighted by Gasteiger charge is 2.30. The normalized spacial score (nSPS) is 11.2. The average molecular weight is 311 g/mol. The van der Waals surface area contributed by atoms with Crippen molar-refractivity contribution in [1.29, 1.82) is 0 Å². The fraction of sp³-hybridized carbons (Fsp3) is 0.350. The predicted octanol–water partition coefficient (Wildman–Crippen LogP) is 3.88. The molecule has 2 aromatic carbocycles. The first-order valence-electron chi connectivity index (χ1n) is 8.16. The first-order valence-corrected chi connectivity index (χ1v) is 8.16. The molecule has 1 amide bonds. The Kier molecular flexibility index (Phi) is 6.36. The van der Waals surface area contributed by atoms with Gasteiger partial charge in [-0.25, -0.2) is 0 Å². The Morgan fingerprint density at radius 3 is 2.00 bits per heavy atom. The summed E-state index contributed by atoms with van der Waals surface area (Å²) in [5.74, 6) is 0.0416. The van der Waals surface area contributed by atoms with E-state index in [-0.39, 0.29) is 5.91 Å². The van der Waals surface area contributed by atoms with Crippen LogP contribution in [0.1, 0.15) is 37.8 Å². The number of hydrogen-bond donors (Lipinski definition) is 1. The third-order valence-corrected chi connectivity index (χ3v) is 3.99. The number of rotatable bonds is 8. The number of carbonyl (C=O) groups excluding carboxylic acids is 1. The lowest BCUT2D eigenvalue weighted by Crippen LogP contribution is -2.44. The van der Waals surface area contributed by atoms with E-state index in [1.54, 1.807) is 0 Å². The minimum atomic E-state index is -0.536. The monoisotopic (exact) mass is 311 g/mol. The van der Waals surface area contributed by atoms with Gasteiger partial charge in [-0.2, -0.15) is 0 Å². The first kappa shape index (κ1) is 17.2. The van der Waals surface area contributed by atoms with Crippen molar-refractivity contribution in [3.63, 3.8) is 0 Å². The van der Waals surface area contributed by atoms with E-state index < -0.39 is 5.54 Å². The van der Waals surface area contributed by atoms with Crippen molar-refractivity contribution in [3.8, 4) is 0 Å². The summed E-state index contributed by atoms with van der Waals surface area (Å²) in [6, 6.07) is 20.2. The Morgan fingerprint density at radius 1 is 1.00 bits per heavy atom. The van der Waals surface area contributed by atoms with Gasteiger partial charge in [0.2, 0.25) is 5.91 Å². The maximum absolute atomic E-state index is 12.4. The lowest BCUT2D eigenvalue weighted by Gasteiger charge is -2.32. The zero-order chi connectivity index (χ0) is 16.5. The fourth-order valence-electron chi connectivity index (χ4n) is 2.67. The molecule has 3 nitrogen and oxygen atoms in total. The van der Waals surface area contributed by atoms with Crippen LogP contribution in [0.15, 0.2) is 60.7 Å². The van der Waals surface area contributed by atoms with E-state index in [9.17, 15) is 4.79 Å². The van der Waals surface area contributed by atoms with Gasteiger partial charge in [-0.3, -0.25) is 4.79 Å². The molecule has 0 aliphatic heterocycles. The highest BCUT2D eigenvalue weighted by molar-refractivity contribution is 5.77. The van der Waals surface area contributed by atoms with E-state index in [1.165, 1.54) is 0 Å². The molecule has 3 heteroatoms. The summed E-state index contributed by atoms with van der Waals surface area (Å²) in [4.78, 5) is 12.4. The highest BCUT2D eigenvalue weighted by atomic mass is 16.5. The third kappa shape index (κ3) is 4.67. The molecule has 0 aliphatic rings. The van der Waals surface area contributed by atoms with Crippen LogP contribution in [0, 0.1) is 0 Å². The largest absolute Gasteiger partial charge is 0.382 e. The molecule has 0 saturated carbocycles. The SMILES string of the molecule is CCOCCCC(=O)NC(C)(c1ccccc1)c1ccccc1. The number of ether oxygens (including phenoxy) is 1. The second kappa shape index (κ2) is 8.49. The highest BCUT2D eigenvalue weighted by Crippen LogP contribution is 2.29. The van der Waals surface area contributed by atoms with E-state index in [2.05, 4.69) is 12.2 Å². The quantitative estimate of drug-likeness (QED) is 0.751. The molecule has 0 unspecified atom stereocenters. The van der Waals surface area contributed by atoms with Crippen molar-refractivity contribution >= 4 is 5.91 Å². The molecular weight excluding hydrogens is 286 g/mol. The molecule has 2 rings (SSSR count). The third-order valence-electron chi connectivity index (χ3n) is 3.99. The van der Waals surface area contributed by atoms with Crippen LogP contribution in [0.5, 0.6) is 0 Å². The topological polar surface area (TPSA) is 38.3 Å². The molecule has 0 aliphatic carbocycles. The predicted molar refractivity (Wildman–Crippen MR) is 93.2 cm³/mol. The van der Waals surface area contributed by atoms with Crippen LogP contribution in [-0.2, 0) is 15.1 Å². The fourth-order valence-corrected chi connectivity index (χ4v) is 2.67. The molecule has 2 aromatic rings. The van der Waals surface area contributed by atoms with Crippen molar-refractivity contribution in [1.82, 2.24) is 5.32 Å². The molecule has 0 spiro atoms. The Morgan fingerprint density at radius 2 is 1.52 bits per heavy atom. The van der Waals surface area contributed by atoms with Crippen LogP contribution in [0.2, 0.25) is 0 Å². The maximum Gasteiger partial charge on any atom is 0.221 e. The summed E-state index contributed by atoms with van der Waals surface area (Å²) in [7, 11) is 0. The minimum absolute atomic E-state index is 0.0416. The van der Waals surface area contributed by atoms with E-state index in [1.807, 2.05) is 67.6 Å². The molecule has 1 N–H and O–H groups in total. The summed E-state index contributed by atoms with van der Waals surface area (Å²) >= 11 is 0. The molecule has 0 saturated heterocycles. The number of nitrogens with one attached hydrogen (secondary N) is 1. The average Bonchev–Trinajstić information content (AvgIpc) is 2.60. The van der Waals surface area contributed by atoms with E-state index in [4.69, 9.17) is 4.74 Å². The summed E-state index contributed by atoms with van der Waals surface area (Å²) in [6.45, 7) is 5.32. The van der Waals surface area contributed by atoms with Gasteiger partial charge in [-0.1, -0.05) is 60.7 Å². The van der Waals surface area contributed by atoms with Gasteiger partial charge in [0.25, 0.3) is 0 Å². The smallest absolute Gasteiger partial charge is 0.221 e. The van der Waals surface area contributed by atoms with Gasteiger partial charge in [0.05, 0.1) is 5.54 Å². The second-order valence-electron chi connectivity index (χ2n) is 5.71. The molecular formula is C20H25NO2. The lowest BCUT2D eigenvalue weighted by molar-refractivity contribution is -0.122. The number of benzene rings is 2. The van der Waals surface area contributed by atoms with Crippen molar-refractivity contribution in [3.05, 3.63) is 71.8 Å². The zero-order valence-electron chi connectivity index (χ0n) is 13.9. The Balaban J connectivity index is 2.17. The van der Waals surface area contributed by atoms with Gasteiger partial charge in [-0.05, 0) is 31.4 Å². The van der Waals surface area contributed by atoms with Gasteiger partial charge in [-0.15, -0.1) is 0 Å². The summed E-state index contributed by atoms with van der Waals surface area (Å²) in [6.07, 6.45) is 1.20. The molecule has 0 heterocycles. The summed E-state index contributed by atoms with van der Waals surface area (Å²) in [5.41, 5.74) is 1.61. The van der Waals surface area contributed by atoms with Gasteiger partial charge >= 0.3 is 0 Å². The van der Waals surface area contributed by atoms with Gasteiger partial charge in [0, 0.05) is 19.6 Å². The minimum Gasteiger partial charge on any atom is -0.382 e. The Bertz CT molecular complexity index is 556. The number of carbonyl (C=O) groups is 1. The molecule has 23 heavy (non-hydrogen) atoms.